The van der Waals surface area contributed by atoms with Crippen molar-refractivity contribution in [2.75, 3.05) is 0 Å². The summed E-state index contributed by atoms with van der Waals surface area (Å²) in [6.45, 7) is 5.11. The van der Waals surface area contributed by atoms with Crippen LogP contribution in [0.5, 0.6) is 11.5 Å². The minimum Gasteiger partial charge on any atom is -0.456 e. The van der Waals surface area contributed by atoms with Gasteiger partial charge in [0.1, 0.15) is 11.5 Å². The Hall–Kier alpha value is -1.32. The molecule has 1 aliphatic carbocycles. The maximum Gasteiger partial charge on any atom is 0.141 e. The molecule has 1 saturated carbocycles. The molecule has 0 bridgehead atoms. The summed E-state index contributed by atoms with van der Waals surface area (Å²) in [5.41, 5.74) is 3.69. The van der Waals surface area contributed by atoms with Crippen LogP contribution in [0, 0.1) is 13.8 Å². The molecule has 0 unspecified atom stereocenters. The first-order valence-corrected chi connectivity index (χ1v) is 8.18. The summed E-state index contributed by atoms with van der Waals surface area (Å²) in [6, 6.07) is 13.3. The normalized spacial score (nSPS) is 14.2. The summed E-state index contributed by atoms with van der Waals surface area (Å²) in [5, 5.41) is 3.54. The third kappa shape index (κ3) is 3.86. The lowest BCUT2D eigenvalue weighted by Gasteiger charge is -2.12. The molecular weight excluding hydrogens is 326 g/mol. The van der Waals surface area contributed by atoms with Crippen LogP contribution in [0.15, 0.2) is 40.9 Å². The van der Waals surface area contributed by atoms with Gasteiger partial charge >= 0.3 is 0 Å². The highest BCUT2D eigenvalue weighted by molar-refractivity contribution is 9.10. The molecule has 3 rings (SSSR count). The van der Waals surface area contributed by atoms with E-state index in [0.717, 1.165) is 34.1 Å². The van der Waals surface area contributed by atoms with Crippen LogP contribution in [-0.4, -0.2) is 6.04 Å². The van der Waals surface area contributed by atoms with E-state index < -0.39 is 0 Å². The molecule has 1 N–H and O–H groups in total. The van der Waals surface area contributed by atoms with Gasteiger partial charge in [0.25, 0.3) is 0 Å². The third-order valence-electron chi connectivity index (χ3n) is 3.72. The number of nitrogens with one attached hydrogen (secondary N) is 1. The largest absolute Gasteiger partial charge is 0.456 e. The molecule has 0 atom stereocenters. The van der Waals surface area contributed by atoms with Crippen molar-refractivity contribution in [3.05, 3.63) is 57.6 Å². The van der Waals surface area contributed by atoms with Gasteiger partial charge in [-0.05, 0) is 77.5 Å². The smallest absolute Gasteiger partial charge is 0.141 e. The van der Waals surface area contributed by atoms with E-state index in [4.69, 9.17) is 4.74 Å². The van der Waals surface area contributed by atoms with Gasteiger partial charge < -0.3 is 10.1 Å². The van der Waals surface area contributed by atoms with Crippen molar-refractivity contribution in [2.45, 2.75) is 39.3 Å². The molecule has 0 aromatic heterocycles. The average molecular weight is 346 g/mol. The molecule has 2 nitrogen and oxygen atoms in total. The van der Waals surface area contributed by atoms with Crippen LogP contribution >= 0.6 is 15.9 Å². The van der Waals surface area contributed by atoms with Gasteiger partial charge in [0.2, 0.25) is 0 Å². The number of aryl methyl sites for hydroxylation is 2. The highest BCUT2D eigenvalue weighted by atomic mass is 79.9. The lowest BCUT2D eigenvalue weighted by Crippen LogP contribution is -2.15. The molecule has 1 aliphatic rings. The highest BCUT2D eigenvalue weighted by Gasteiger charge is 2.20. The Labute approximate surface area is 134 Å². The summed E-state index contributed by atoms with van der Waals surface area (Å²) in [7, 11) is 0. The van der Waals surface area contributed by atoms with Crippen LogP contribution in [0.2, 0.25) is 0 Å². The summed E-state index contributed by atoms with van der Waals surface area (Å²) < 4.78 is 7.01. The zero-order valence-corrected chi connectivity index (χ0v) is 14.0. The number of benzene rings is 2. The van der Waals surface area contributed by atoms with Gasteiger partial charge in [0, 0.05) is 12.6 Å². The number of halogens is 1. The van der Waals surface area contributed by atoms with Gasteiger partial charge in [0.15, 0.2) is 0 Å². The van der Waals surface area contributed by atoms with E-state index in [2.05, 4.69) is 65.4 Å². The molecule has 21 heavy (non-hydrogen) atoms. The van der Waals surface area contributed by atoms with Crippen molar-refractivity contribution >= 4 is 15.9 Å². The molecule has 0 amide bonds. The molecule has 0 saturated heterocycles. The number of ether oxygens (including phenoxy) is 1. The van der Waals surface area contributed by atoms with Crippen molar-refractivity contribution in [2.24, 2.45) is 0 Å². The average Bonchev–Trinajstić information content (AvgIpc) is 3.26. The van der Waals surface area contributed by atoms with Gasteiger partial charge in [-0.3, -0.25) is 0 Å². The van der Waals surface area contributed by atoms with Gasteiger partial charge in [-0.1, -0.05) is 18.2 Å². The standard InChI is InChI=1S/C18H20BrNO/c1-12-3-7-18(16(19)9-12)21-17-8-4-14(10-13(17)2)11-20-15-5-6-15/h3-4,7-10,15,20H,5-6,11H2,1-2H3. The van der Waals surface area contributed by atoms with Crippen LogP contribution in [0.3, 0.4) is 0 Å². The molecule has 2 aromatic carbocycles. The quantitative estimate of drug-likeness (QED) is 0.812. The Morgan fingerprint density at radius 3 is 2.52 bits per heavy atom. The number of hydrogen-bond donors (Lipinski definition) is 1. The van der Waals surface area contributed by atoms with E-state index in [-0.39, 0.29) is 0 Å². The summed E-state index contributed by atoms with van der Waals surface area (Å²) in [6.07, 6.45) is 2.64. The van der Waals surface area contributed by atoms with E-state index >= 15 is 0 Å². The molecule has 0 spiro atoms. The van der Waals surface area contributed by atoms with Gasteiger partial charge in [-0.2, -0.15) is 0 Å². The van der Waals surface area contributed by atoms with Crippen molar-refractivity contribution in [3.8, 4) is 11.5 Å². The van der Waals surface area contributed by atoms with Crippen LogP contribution in [0.4, 0.5) is 0 Å². The van der Waals surface area contributed by atoms with Crippen LogP contribution in [-0.2, 0) is 6.54 Å². The maximum atomic E-state index is 6.02. The number of rotatable bonds is 5. The first kappa shape index (κ1) is 14.6. The van der Waals surface area contributed by atoms with E-state index in [1.807, 2.05) is 6.07 Å². The first-order chi connectivity index (χ1) is 10.1. The zero-order chi connectivity index (χ0) is 14.8. The third-order valence-corrected chi connectivity index (χ3v) is 4.34. The fraction of sp³-hybridized carbons (Fsp3) is 0.333. The number of hydrogen-bond acceptors (Lipinski definition) is 2. The topological polar surface area (TPSA) is 21.3 Å². The Morgan fingerprint density at radius 2 is 1.86 bits per heavy atom. The van der Waals surface area contributed by atoms with Gasteiger partial charge in [-0.15, -0.1) is 0 Å². The molecule has 110 valence electrons. The second-order valence-electron chi connectivity index (χ2n) is 5.79. The first-order valence-electron chi connectivity index (χ1n) is 7.39. The predicted molar refractivity (Wildman–Crippen MR) is 90.0 cm³/mol. The molecule has 0 heterocycles. The van der Waals surface area contributed by atoms with E-state index in [0.29, 0.717) is 0 Å². The minimum absolute atomic E-state index is 0.741. The van der Waals surface area contributed by atoms with Crippen molar-refractivity contribution < 1.29 is 4.74 Å². The fourth-order valence-electron chi connectivity index (χ4n) is 2.29. The molecule has 0 radical (unpaired) electrons. The van der Waals surface area contributed by atoms with Crippen molar-refractivity contribution in [3.63, 3.8) is 0 Å². The van der Waals surface area contributed by atoms with Crippen LogP contribution in [0.1, 0.15) is 29.5 Å². The fourth-order valence-corrected chi connectivity index (χ4v) is 2.87. The summed E-state index contributed by atoms with van der Waals surface area (Å²) in [4.78, 5) is 0. The maximum absolute atomic E-state index is 6.02. The highest BCUT2D eigenvalue weighted by Crippen LogP contribution is 2.32. The van der Waals surface area contributed by atoms with Crippen molar-refractivity contribution in [1.29, 1.82) is 0 Å². The lowest BCUT2D eigenvalue weighted by molar-refractivity contribution is 0.475. The Bertz CT molecular complexity index is 650. The van der Waals surface area contributed by atoms with E-state index in [9.17, 15) is 0 Å². The van der Waals surface area contributed by atoms with E-state index in [1.54, 1.807) is 0 Å². The van der Waals surface area contributed by atoms with Crippen molar-refractivity contribution in [1.82, 2.24) is 5.32 Å². The molecular formula is C18H20BrNO. The zero-order valence-electron chi connectivity index (χ0n) is 12.4. The Morgan fingerprint density at radius 1 is 1.10 bits per heavy atom. The Balaban J connectivity index is 1.72. The SMILES string of the molecule is Cc1ccc(Oc2ccc(CNC3CC3)cc2C)c(Br)c1. The van der Waals surface area contributed by atoms with Gasteiger partial charge in [-0.25, -0.2) is 0 Å². The predicted octanol–water partition coefficient (Wildman–Crippen LogP) is 5.11. The second-order valence-corrected chi connectivity index (χ2v) is 6.65. The van der Waals surface area contributed by atoms with E-state index in [1.165, 1.54) is 24.0 Å². The minimum atomic E-state index is 0.741. The molecule has 0 aliphatic heterocycles. The molecule has 1 fully saturated rings. The lowest BCUT2D eigenvalue weighted by atomic mass is 10.1. The second kappa shape index (κ2) is 6.20. The summed E-state index contributed by atoms with van der Waals surface area (Å²) >= 11 is 3.56. The molecule has 3 heteroatoms. The monoisotopic (exact) mass is 345 g/mol. The van der Waals surface area contributed by atoms with Crippen LogP contribution < -0.4 is 10.1 Å². The molecule has 2 aromatic rings. The van der Waals surface area contributed by atoms with Gasteiger partial charge in [0.05, 0.1) is 4.47 Å². The van der Waals surface area contributed by atoms with Crippen LogP contribution in [0.25, 0.3) is 0 Å². The Kier molecular flexibility index (Phi) is 4.32. The summed E-state index contributed by atoms with van der Waals surface area (Å²) in [5.74, 6) is 1.77.